The summed E-state index contributed by atoms with van der Waals surface area (Å²) < 4.78 is 0. The van der Waals surface area contributed by atoms with Gasteiger partial charge in [0.1, 0.15) is 0 Å². The van der Waals surface area contributed by atoms with E-state index in [0.717, 1.165) is 13.1 Å². The minimum absolute atomic E-state index is 0.0530. The first-order valence-corrected chi connectivity index (χ1v) is 5.28. The van der Waals surface area contributed by atoms with Crippen molar-refractivity contribution in [2.24, 2.45) is 5.73 Å². The summed E-state index contributed by atoms with van der Waals surface area (Å²) in [6.07, 6.45) is 0.669. The largest absolute Gasteiger partial charge is 0.393 e. The van der Waals surface area contributed by atoms with Crippen LogP contribution in [0.25, 0.3) is 0 Å². The van der Waals surface area contributed by atoms with Gasteiger partial charge in [0.15, 0.2) is 0 Å². The van der Waals surface area contributed by atoms with E-state index in [1.807, 2.05) is 18.7 Å². The summed E-state index contributed by atoms with van der Waals surface area (Å²) in [7, 11) is 0. The number of likely N-dealkylation sites (N-methyl/N-ethyl adjacent to an activating group) is 2. The molecule has 0 bridgehead atoms. The van der Waals surface area contributed by atoms with E-state index in [1.165, 1.54) is 0 Å². The van der Waals surface area contributed by atoms with Gasteiger partial charge in [-0.15, -0.1) is 0 Å². The maximum absolute atomic E-state index is 11.2. The molecule has 82 valence electrons. The molecule has 0 aliphatic rings. The standard InChI is InChI=1S/C9H19N3OS/c1-3-11-9(13)7-12(4-2)6-5-8(10)14/h3-7H2,1-2H3,(H2,10,14)(H,11,13). The fourth-order valence-electron chi connectivity index (χ4n) is 1.07. The van der Waals surface area contributed by atoms with Gasteiger partial charge in [0, 0.05) is 19.5 Å². The van der Waals surface area contributed by atoms with Gasteiger partial charge in [-0.2, -0.15) is 0 Å². The quantitative estimate of drug-likeness (QED) is 0.595. The first-order chi connectivity index (χ1) is 6.60. The third-order valence-electron chi connectivity index (χ3n) is 1.86. The Morgan fingerprint density at radius 3 is 2.57 bits per heavy atom. The molecule has 0 atom stereocenters. The maximum Gasteiger partial charge on any atom is 0.234 e. The number of carbonyl (C=O) groups is 1. The molecule has 0 saturated heterocycles. The van der Waals surface area contributed by atoms with Crippen LogP contribution in [-0.2, 0) is 4.79 Å². The molecule has 0 aromatic carbocycles. The van der Waals surface area contributed by atoms with Gasteiger partial charge < -0.3 is 11.1 Å². The molecule has 0 spiro atoms. The molecule has 0 unspecified atom stereocenters. The van der Waals surface area contributed by atoms with Crippen LogP contribution in [0, 0.1) is 0 Å². The minimum Gasteiger partial charge on any atom is -0.393 e. The smallest absolute Gasteiger partial charge is 0.234 e. The van der Waals surface area contributed by atoms with Crippen LogP contribution >= 0.6 is 12.2 Å². The van der Waals surface area contributed by atoms with E-state index in [-0.39, 0.29) is 5.91 Å². The molecule has 0 saturated carbocycles. The lowest BCUT2D eigenvalue weighted by atomic mass is 10.3. The molecule has 5 heteroatoms. The van der Waals surface area contributed by atoms with Gasteiger partial charge >= 0.3 is 0 Å². The lowest BCUT2D eigenvalue weighted by molar-refractivity contribution is -0.122. The van der Waals surface area contributed by atoms with Gasteiger partial charge in [-0.3, -0.25) is 9.69 Å². The lowest BCUT2D eigenvalue weighted by Crippen LogP contribution is -2.38. The first kappa shape index (κ1) is 13.3. The molecule has 4 nitrogen and oxygen atoms in total. The number of nitrogens with zero attached hydrogens (tertiary/aromatic N) is 1. The summed E-state index contributed by atoms with van der Waals surface area (Å²) in [5, 5.41) is 2.75. The Bertz CT molecular complexity index is 196. The van der Waals surface area contributed by atoms with Crippen LogP contribution in [0.3, 0.4) is 0 Å². The molecule has 1 amide bonds. The molecule has 0 radical (unpaired) electrons. The van der Waals surface area contributed by atoms with Gasteiger partial charge in [0.05, 0.1) is 11.5 Å². The normalized spacial score (nSPS) is 10.2. The number of amides is 1. The van der Waals surface area contributed by atoms with Gasteiger partial charge in [-0.25, -0.2) is 0 Å². The van der Waals surface area contributed by atoms with E-state index in [1.54, 1.807) is 0 Å². The first-order valence-electron chi connectivity index (χ1n) is 4.87. The Kier molecular flexibility index (Phi) is 7.32. The molecular formula is C9H19N3OS. The van der Waals surface area contributed by atoms with Crippen molar-refractivity contribution in [1.29, 1.82) is 0 Å². The Balaban J connectivity index is 3.78. The second-order valence-electron chi connectivity index (χ2n) is 3.04. The van der Waals surface area contributed by atoms with Crippen molar-refractivity contribution >= 4 is 23.1 Å². The van der Waals surface area contributed by atoms with E-state index >= 15 is 0 Å². The van der Waals surface area contributed by atoms with Gasteiger partial charge in [-0.05, 0) is 13.5 Å². The SMILES string of the molecule is CCNC(=O)CN(CC)CCC(N)=S. The van der Waals surface area contributed by atoms with Crippen LogP contribution in [0.15, 0.2) is 0 Å². The summed E-state index contributed by atoms with van der Waals surface area (Å²) in [4.78, 5) is 13.8. The molecule has 0 aromatic rings. The summed E-state index contributed by atoms with van der Waals surface area (Å²) in [6.45, 7) is 6.60. The molecule has 0 rings (SSSR count). The third-order valence-corrected chi connectivity index (χ3v) is 2.07. The number of carbonyl (C=O) groups excluding carboxylic acids is 1. The highest BCUT2D eigenvalue weighted by Crippen LogP contribution is 1.91. The van der Waals surface area contributed by atoms with E-state index in [2.05, 4.69) is 5.32 Å². The van der Waals surface area contributed by atoms with E-state index < -0.39 is 0 Å². The zero-order valence-electron chi connectivity index (χ0n) is 8.88. The minimum atomic E-state index is 0.0530. The molecular weight excluding hydrogens is 198 g/mol. The second kappa shape index (κ2) is 7.70. The molecule has 0 aromatic heterocycles. The lowest BCUT2D eigenvalue weighted by Gasteiger charge is -2.18. The van der Waals surface area contributed by atoms with E-state index in [9.17, 15) is 4.79 Å². The van der Waals surface area contributed by atoms with Gasteiger partial charge in [0.25, 0.3) is 0 Å². The summed E-state index contributed by atoms with van der Waals surface area (Å²) in [6, 6.07) is 0. The topological polar surface area (TPSA) is 58.4 Å². The van der Waals surface area contributed by atoms with E-state index in [4.69, 9.17) is 18.0 Å². The van der Waals surface area contributed by atoms with E-state index in [0.29, 0.717) is 24.5 Å². The number of hydrogen-bond donors (Lipinski definition) is 2. The molecule has 0 heterocycles. The zero-order chi connectivity index (χ0) is 11.0. The van der Waals surface area contributed by atoms with Crippen LogP contribution < -0.4 is 11.1 Å². The van der Waals surface area contributed by atoms with Crippen molar-refractivity contribution in [3.63, 3.8) is 0 Å². The number of rotatable bonds is 7. The van der Waals surface area contributed by atoms with Crippen molar-refractivity contribution < 1.29 is 4.79 Å². The number of hydrogen-bond acceptors (Lipinski definition) is 3. The summed E-state index contributed by atoms with van der Waals surface area (Å²) in [5.74, 6) is 0.0530. The van der Waals surface area contributed by atoms with Crippen molar-refractivity contribution in [1.82, 2.24) is 10.2 Å². The number of nitrogens with two attached hydrogens (primary N) is 1. The third kappa shape index (κ3) is 6.80. The summed E-state index contributed by atoms with van der Waals surface area (Å²) in [5.41, 5.74) is 5.39. The van der Waals surface area contributed by atoms with Gasteiger partial charge in [0.2, 0.25) is 5.91 Å². The Hall–Kier alpha value is -0.680. The van der Waals surface area contributed by atoms with Crippen molar-refractivity contribution in [3.05, 3.63) is 0 Å². The van der Waals surface area contributed by atoms with Crippen molar-refractivity contribution in [3.8, 4) is 0 Å². The Morgan fingerprint density at radius 2 is 2.14 bits per heavy atom. The summed E-state index contributed by atoms with van der Waals surface area (Å²) >= 11 is 4.78. The second-order valence-corrected chi connectivity index (χ2v) is 3.56. The predicted octanol–water partition coefficient (Wildman–Crippen LogP) is 0.121. The van der Waals surface area contributed by atoms with Crippen LogP contribution in [0.2, 0.25) is 0 Å². The molecule has 0 aliphatic heterocycles. The van der Waals surface area contributed by atoms with Gasteiger partial charge in [-0.1, -0.05) is 19.1 Å². The van der Waals surface area contributed by atoms with Crippen LogP contribution in [0.1, 0.15) is 20.3 Å². The average Bonchev–Trinajstić information content (AvgIpc) is 2.12. The fraction of sp³-hybridized carbons (Fsp3) is 0.778. The molecule has 14 heavy (non-hydrogen) atoms. The molecule has 3 N–H and O–H groups in total. The number of nitrogens with one attached hydrogen (secondary N) is 1. The van der Waals surface area contributed by atoms with Crippen LogP contribution in [-0.4, -0.2) is 42.0 Å². The van der Waals surface area contributed by atoms with Crippen molar-refractivity contribution in [2.45, 2.75) is 20.3 Å². The fourth-order valence-corrected chi connectivity index (χ4v) is 1.16. The Morgan fingerprint density at radius 1 is 1.50 bits per heavy atom. The van der Waals surface area contributed by atoms with Crippen LogP contribution in [0.5, 0.6) is 0 Å². The monoisotopic (exact) mass is 217 g/mol. The number of thiocarbonyl (C=S) groups is 1. The maximum atomic E-state index is 11.2. The predicted molar refractivity (Wildman–Crippen MR) is 62.2 cm³/mol. The highest BCUT2D eigenvalue weighted by atomic mass is 32.1. The molecule has 0 fully saturated rings. The molecule has 0 aliphatic carbocycles. The highest BCUT2D eigenvalue weighted by molar-refractivity contribution is 7.80. The van der Waals surface area contributed by atoms with Crippen LogP contribution in [0.4, 0.5) is 0 Å². The Labute approximate surface area is 90.8 Å². The highest BCUT2D eigenvalue weighted by Gasteiger charge is 2.07. The van der Waals surface area contributed by atoms with Crippen molar-refractivity contribution in [2.75, 3.05) is 26.2 Å². The zero-order valence-corrected chi connectivity index (χ0v) is 9.69. The average molecular weight is 217 g/mol.